The van der Waals surface area contributed by atoms with Crippen LogP contribution in [0, 0.1) is 0 Å². The van der Waals surface area contributed by atoms with E-state index in [9.17, 15) is 13.2 Å². The van der Waals surface area contributed by atoms with Crippen molar-refractivity contribution in [3.63, 3.8) is 0 Å². The minimum Gasteiger partial charge on any atom is -0.467 e. The highest BCUT2D eigenvalue weighted by molar-refractivity contribution is 5.45. The van der Waals surface area contributed by atoms with Gasteiger partial charge < -0.3 is 9.73 Å². The van der Waals surface area contributed by atoms with Crippen molar-refractivity contribution in [2.45, 2.75) is 12.7 Å². The molecule has 0 aliphatic rings. The van der Waals surface area contributed by atoms with Gasteiger partial charge in [-0.1, -0.05) is 0 Å². The standard InChI is InChI=1S/C11H8F3N5O/c12-11(13,14)8-4-9(15-5-7-2-1-3-20-7)19-10(18-8)16-6-17-19/h1-4,6,15H,5H2. The molecule has 0 saturated carbocycles. The monoisotopic (exact) mass is 283 g/mol. The molecule has 0 fully saturated rings. The Morgan fingerprint density at radius 1 is 1.35 bits per heavy atom. The zero-order valence-corrected chi connectivity index (χ0v) is 9.92. The van der Waals surface area contributed by atoms with E-state index in [0.29, 0.717) is 5.76 Å². The smallest absolute Gasteiger partial charge is 0.433 e. The van der Waals surface area contributed by atoms with E-state index in [0.717, 1.165) is 12.4 Å². The lowest BCUT2D eigenvalue weighted by Gasteiger charge is -2.10. The number of hydrogen-bond donors (Lipinski definition) is 1. The van der Waals surface area contributed by atoms with Crippen LogP contribution in [0.5, 0.6) is 0 Å². The molecule has 0 amide bonds. The maximum Gasteiger partial charge on any atom is 0.433 e. The Morgan fingerprint density at radius 2 is 2.20 bits per heavy atom. The first kappa shape index (κ1) is 12.5. The van der Waals surface area contributed by atoms with Crippen LogP contribution in [0.1, 0.15) is 11.5 Å². The van der Waals surface area contributed by atoms with Crippen molar-refractivity contribution in [2.24, 2.45) is 0 Å². The van der Waals surface area contributed by atoms with Crippen LogP contribution in [0.4, 0.5) is 19.0 Å². The summed E-state index contributed by atoms with van der Waals surface area (Å²) in [4.78, 5) is 7.09. The lowest BCUT2D eigenvalue weighted by atomic mass is 10.3. The predicted molar refractivity (Wildman–Crippen MR) is 61.8 cm³/mol. The van der Waals surface area contributed by atoms with Gasteiger partial charge in [0.05, 0.1) is 12.8 Å². The Bertz CT molecular complexity index is 719. The molecule has 6 nitrogen and oxygen atoms in total. The van der Waals surface area contributed by atoms with Gasteiger partial charge in [0.15, 0.2) is 5.69 Å². The molecule has 0 aliphatic heterocycles. The molecule has 0 radical (unpaired) electrons. The van der Waals surface area contributed by atoms with Crippen LogP contribution >= 0.6 is 0 Å². The summed E-state index contributed by atoms with van der Waals surface area (Å²) in [5.74, 6) is 0.599. The highest BCUT2D eigenvalue weighted by Gasteiger charge is 2.34. The van der Waals surface area contributed by atoms with Crippen LogP contribution in [-0.4, -0.2) is 19.6 Å². The van der Waals surface area contributed by atoms with Crippen molar-refractivity contribution in [1.29, 1.82) is 0 Å². The molecule has 3 aromatic heterocycles. The SMILES string of the molecule is FC(F)(F)c1cc(NCc2ccco2)n2ncnc2n1. The number of nitrogens with zero attached hydrogens (tertiary/aromatic N) is 4. The van der Waals surface area contributed by atoms with Crippen LogP contribution in [0.3, 0.4) is 0 Å². The van der Waals surface area contributed by atoms with Crippen molar-refractivity contribution in [2.75, 3.05) is 5.32 Å². The average molecular weight is 283 g/mol. The fraction of sp³-hybridized carbons (Fsp3) is 0.182. The van der Waals surface area contributed by atoms with E-state index in [1.165, 1.54) is 10.8 Å². The van der Waals surface area contributed by atoms with E-state index in [4.69, 9.17) is 4.42 Å². The quantitative estimate of drug-likeness (QED) is 0.799. The number of hydrogen-bond acceptors (Lipinski definition) is 5. The van der Waals surface area contributed by atoms with Gasteiger partial charge in [0.2, 0.25) is 0 Å². The molecule has 3 aromatic rings. The van der Waals surface area contributed by atoms with Gasteiger partial charge >= 0.3 is 6.18 Å². The summed E-state index contributed by atoms with van der Waals surface area (Å²) in [6.07, 6.45) is -1.93. The summed E-state index contributed by atoms with van der Waals surface area (Å²) in [6, 6.07) is 4.28. The largest absolute Gasteiger partial charge is 0.467 e. The number of alkyl halides is 3. The minimum atomic E-state index is -4.55. The van der Waals surface area contributed by atoms with E-state index >= 15 is 0 Å². The summed E-state index contributed by atoms with van der Waals surface area (Å²) in [5.41, 5.74) is -1.03. The molecule has 104 valence electrons. The fourth-order valence-electron chi connectivity index (χ4n) is 1.67. The number of rotatable bonds is 3. The molecule has 1 N–H and O–H groups in total. The third-order valence-electron chi connectivity index (χ3n) is 2.57. The first-order valence-electron chi connectivity index (χ1n) is 5.58. The summed E-state index contributed by atoms with van der Waals surface area (Å²) in [6.45, 7) is 0.225. The number of halogens is 3. The molecule has 0 aliphatic carbocycles. The van der Waals surface area contributed by atoms with Gasteiger partial charge in [-0.3, -0.25) is 0 Å². The van der Waals surface area contributed by atoms with Gasteiger partial charge in [-0.25, -0.2) is 4.98 Å². The van der Waals surface area contributed by atoms with Crippen LogP contribution in [0.15, 0.2) is 35.2 Å². The first-order valence-corrected chi connectivity index (χ1v) is 5.58. The van der Waals surface area contributed by atoms with Crippen LogP contribution < -0.4 is 5.32 Å². The number of aromatic nitrogens is 4. The number of anilines is 1. The highest BCUT2D eigenvalue weighted by atomic mass is 19.4. The fourth-order valence-corrected chi connectivity index (χ4v) is 1.67. The van der Waals surface area contributed by atoms with E-state index in [1.54, 1.807) is 12.1 Å². The Hall–Kier alpha value is -2.58. The summed E-state index contributed by atoms with van der Waals surface area (Å²) < 4.78 is 44.5. The predicted octanol–water partition coefficient (Wildman–Crippen LogP) is 2.35. The topological polar surface area (TPSA) is 68.2 Å². The van der Waals surface area contributed by atoms with Crippen molar-refractivity contribution in [3.8, 4) is 0 Å². The Balaban J connectivity index is 1.97. The molecule has 9 heteroatoms. The minimum absolute atomic E-state index is 0.123. The molecular formula is C11H8F3N5O. The second-order valence-corrected chi connectivity index (χ2v) is 3.93. The van der Waals surface area contributed by atoms with Gasteiger partial charge in [0.1, 0.15) is 17.9 Å². The normalized spacial score (nSPS) is 11.9. The molecule has 3 rings (SSSR count). The lowest BCUT2D eigenvalue weighted by Crippen LogP contribution is -2.13. The van der Waals surface area contributed by atoms with E-state index in [-0.39, 0.29) is 18.1 Å². The second kappa shape index (κ2) is 4.51. The maximum absolute atomic E-state index is 12.7. The molecular weight excluding hydrogens is 275 g/mol. The summed E-state index contributed by atoms with van der Waals surface area (Å²) >= 11 is 0. The van der Waals surface area contributed by atoms with E-state index in [1.807, 2.05) is 0 Å². The third-order valence-corrected chi connectivity index (χ3v) is 2.57. The Kier molecular flexibility index (Phi) is 2.81. The van der Waals surface area contributed by atoms with Gasteiger partial charge in [-0.2, -0.15) is 27.8 Å². The molecule has 0 unspecified atom stereocenters. The second-order valence-electron chi connectivity index (χ2n) is 3.93. The van der Waals surface area contributed by atoms with Gasteiger partial charge in [0.25, 0.3) is 5.78 Å². The van der Waals surface area contributed by atoms with Crippen LogP contribution in [0.25, 0.3) is 5.78 Å². The highest BCUT2D eigenvalue weighted by Crippen LogP contribution is 2.29. The molecule has 3 heterocycles. The van der Waals surface area contributed by atoms with E-state index in [2.05, 4.69) is 20.4 Å². The number of nitrogens with one attached hydrogen (secondary N) is 1. The molecule has 0 aromatic carbocycles. The maximum atomic E-state index is 12.7. The van der Waals surface area contributed by atoms with Crippen LogP contribution in [-0.2, 0) is 12.7 Å². The number of fused-ring (bicyclic) bond motifs is 1. The van der Waals surface area contributed by atoms with E-state index < -0.39 is 11.9 Å². The van der Waals surface area contributed by atoms with Gasteiger partial charge in [0, 0.05) is 6.07 Å². The molecule has 0 spiro atoms. The van der Waals surface area contributed by atoms with Gasteiger partial charge in [-0.15, -0.1) is 0 Å². The van der Waals surface area contributed by atoms with Crippen molar-refractivity contribution >= 4 is 11.6 Å². The Labute approximate surface area is 110 Å². The average Bonchev–Trinajstić information content (AvgIpc) is 3.05. The summed E-state index contributed by atoms with van der Waals surface area (Å²) in [5, 5.41) is 6.64. The van der Waals surface area contributed by atoms with Crippen molar-refractivity contribution in [1.82, 2.24) is 19.6 Å². The molecule has 20 heavy (non-hydrogen) atoms. The van der Waals surface area contributed by atoms with Crippen molar-refractivity contribution < 1.29 is 17.6 Å². The number of furan rings is 1. The lowest BCUT2D eigenvalue weighted by molar-refractivity contribution is -0.141. The zero-order chi connectivity index (χ0) is 14.2. The third kappa shape index (κ3) is 2.29. The first-order chi connectivity index (χ1) is 9.54. The molecule has 0 bridgehead atoms. The summed E-state index contributed by atoms with van der Waals surface area (Å²) in [7, 11) is 0. The molecule has 0 atom stereocenters. The molecule has 0 saturated heterocycles. The Morgan fingerprint density at radius 3 is 2.90 bits per heavy atom. The van der Waals surface area contributed by atoms with Gasteiger partial charge in [-0.05, 0) is 12.1 Å². The zero-order valence-electron chi connectivity index (χ0n) is 9.92. The van der Waals surface area contributed by atoms with Crippen molar-refractivity contribution in [3.05, 3.63) is 42.2 Å². The van der Waals surface area contributed by atoms with Crippen LogP contribution in [0.2, 0.25) is 0 Å².